The molecule has 5 nitrogen and oxygen atoms in total. The lowest BCUT2D eigenvalue weighted by atomic mass is 9.89. The quantitative estimate of drug-likeness (QED) is 0.721. The number of carbonyl (C=O) groups excluding carboxylic acids is 2. The van der Waals surface area contributed by atoms with Crippen molar-refractivity contribution in [2.24, 2.45) is 11.7 Å². The van der Waals surface area contributed by atoms with Crippen molar-refractivity contribution in [3.8, 4) is 0 Å². The Hall–Kier alpha value is -1.88. The maximum Gasteiger partial charge on any atom is 0.227 e. The van der Waals surface area contributed by atoms with Gasteiger partial charge in [0.25, 0.3) is 0 Å². The maximum absolute atomic E-state index is 12.2. The van der Waals surface area contributed by atoms with Crippen molar-refractivity contribution in [3.63, 3.8) is 0 Å². The first-order chi connectivity index (χ1) is 11.0. The normalized spacial score (nSPS) is 17.3. The van der Waals surface area contributed by atoms with Gasteiger partial charge in [0.15, 0.2) is 0 Å². The van der Waals surface area contributed by atoms with E-state index in [0.29, 0.717) is 25.8 Å². The average molecular weight is 317 g/mol. The smallest absolute Gasteiger partial charge is 0.227 e. The Bertz CT molecular complexity index is 559. The topological polar surface area (TPSA) is 84.2 Å². The van der Waals surface area contributed by atoms with Gasteiger partial charge in [0.2, 0.25) is 11.8 Å². The molecule has 1 aliphatic rings. The van der Waals surface area contributed by atoms with E-state index in [2.05, 4.69) is 10.6 Å². The first kappa shape index (κ1) is 17.5. The SMILES string of the molecule is CCC(CC)(CN)NC(=O)CCC1Cc2ccccc2NC1=O. The van der Waals surface area contributed by atoms with Gasteiger partial charge in [-0.05, 0) is 37.3 Å². The standard InChI is InChI=1S/C18H27N3O2/c1-3-18(4-2,12-19)21-16(22)10-9-14-11-13-7-5-6-8-15(13)20-17(14)23/h5-8,14H,3-4,9-12,19H2,1-2H3,(H,20,23)(H,21,22). The average Bonchev–Trinajstić information content (AvgIpc) is 2.58. The zero-order valence-corrected chi connectivity index (χ0v) is 14.0. The number of fused-ring (bicyclic) bond motifs is 1. The molecule has 2 rings (SSSR count). The van der Waals surface area contributed by atoms with Gasteiger partial charge < -0.3 is 16.4 Å². The number of carbonyl (C=O) groups is 2. The Labute approximate surface area is 138 Å². The van der Waals surface area contributed by atoms with Crippen LogP contribution in [0.1, 0.15) is 45.1 Å². The molecule has 2 amide bonds. The third kappa shape index (κ3) is 4.10. The van der Waals surface area contributed by atoms with E-state index in [0.717, 1.165) is 24.1 Å². The predicted octanol–water partition coefficient (Wildman–Crippen LogP) is 2.21. The second kappa shape index (κ2) is 7.59. The molecule has 1 aliphatic heterocycles. The van der Waals surface area contributed by atoms with Crippen molar-refractivity contribution in [3.05, 3.63) is 29.8 Å². The number of benzene rings is 1. The highest BCUT2D eigenvalue weighted by Gasteiger charge is 2.29. The van der Waals surface area contributed by atoms with E-state index in [9.17, 15) is 9.59 Å². The van der Waals surface area contributed by atoms with Crippen LogP contribution < -0.4 is 16.4 Å². The molecule has 1 heterocycles. The second-order valence-corrected chi connectivity index (χ2v) is 6.33. The Morgan fingerprint density at radius 1 is 1.35 bits per heavy atom. The van der Waals surface area contributed by atoms with Crippen LogP contribution in [0.4, 0.5) is 5.69 Å². The summed E-state index contributed by atoms with van der Waals surface area (Å²) in [5.41, 5.74) is 7.51. The molecule has 1 aromatic rings. The summed E-state index contributed by atoms with van der Waals surface area (Å²) in [4.78, 5) is 24.4. The molecule has 23 heavy (non-hydrogen) atoms. The summed E-state index contributed by atoms with van der Waals surface area (Å²) < 4.78 is 0. The molecule has 1 atom stereocenters. The minimum absolute atomic E-state index is 0.00701. The molecule has 126 valence electrons. The predicted molar refractivity (Wildman–Crippen MR) is 92.0 cm³/mol. The van der Waals surface area contributed by atoms with Crippen LogP contribution in [0, 0.1) is 5.92 Å². The van der Waals surface area contributed by atoms with Crippen LogP contribution in [0.15, 0.2) is 24.3 Å². The minimum atomic E-state index is -0.321. The second-order valence-electron chi connectivity index (χ2n) is 6.33. The fourth-order valence-electron chi connectivity index (χ4n) is 3.08. The molecular formula is C18H27N3O2. The van der Waals surface area contributed by atoms with Crippen LogP contribution >= 0.6 is 0 Å². The molecule has 0 aliphatic carbocycles. The van der Waals surface area contributed by atoms with Crippen LogP contribution in [-0.2, 0) is 16.0 Å². The van der Waals surface area contributed by atoms with Gasteiger partial charge in [-0.2, -0.15) is 0 Å². The monoisotopic (exact) mass is 317 g/mol. The van der Waals surface area contributed by atoms with Gasteiger partial charge in [-0.15, -0.1) is 0 Å². The summed E-state index contributed by atoms with van der Waals surface area (Å²) in [5, 5.41) is 5.98. The zero-order chi connectivity index (χ0) is 16.9. The van der Waals surface area contributed by atoms with E-state index in [4.69, 9.17) is 5.73 Å². The summed E-state index contributed by atoms with van der Waals surface area (Å²) in [6.07, 6.45) is 3.22. The van der Waals surface area contributed by atoms with E-state index in [1.165, 1.54) is 0 Å². The summed E-state index contributed by atoms with van der Waals surface area (Å²) in [6, 6.07) is 7.82. The molecule has 0 saturated carbocycles. The molecule has 0 radical (unpaired) electrons. The molecule has 0 aromatic heterocycles. The summed E-state index contributed by atoms with van der Waals surface area (Å²) >= 11 is 0. The molecule has 1 unspecified atom stereocenters. The fraction of sp³-hybridized carbons (Fsp3) is 0.556. The van der Waals surface area contributed by atoms with Gasteiger partial charge in [-0.3, -0.25) is 9.59 Å². The summed E-state index contributed by atoms with van der Waals surface area (Å²) in [6.45, 7) is 4.49. The molecule has 0 spiro atoms. The molecule has 0 saturated heterocycles. The van der Waals surface area contributed by atoms with Crippen LogP contribution in [0.2, 0.25) is 0 Å². The highest BCUT2D eigenvalue weighted by atomic mass is 16.2. The van der Waals surface area contributed by atoms with Crippen molar-refractivity contribution in [2.75, 3.05) is 11.9 Å². The van der Waals surface area contributed by atoms with Crippen LogP contribution in [0.5, 0.6) is 0 Å². The number of anilines is 1. The van der Waals surface area contributed by atoms with Crippen LogP contribution in [0.3, 0.4) is 0 Å². The minimum Gasteiger partial charge on any atom is -0.349 e. The van der Waals surface area contributed by atoms with Crippen molar-refractivity contribution < 1.29 is 9.59 Å². The molecule has 1 aromatic carbocycles. The Morgan fingerprint density at radius 2 is 2.04 bits per heavy atom. The highest BCUT2D eigenvalue weighted by Crippen LogP contribution is 2.27. The number of nitrogens with one attached hydrogen (secondary N) is 2. The molecule has 0 fully saturated rings. The van der Waals surface area contributed by atoms with Crippen LogP contribution in [0.25, 0.3) is 0 Å². The molecular weight excluding hydrogens is 290 g/mol. The lowest BCUT2D eigenvalue weighted by Gasteiger charge is -2.32. The third-order valence-corrected chi connectivity index (χ3v) is 4.98. The first-order valence-corrected chi connectivity index (χ1v) is 8.43. The lowest BCUT2D eigenvalue weighted by Crippen LogP contribution is -2.53. The number of hydrogen-bond acceptors (Lipinski definition) is 3. The van der Waals surface area contributed by atoms with Crippen LogP contribution in [-0.4, -0.2) is 23.9 Å². The number of para-hydroxylation sites is 1. The molecule has 5 heteroatoms. The molecule has 4 N–H and O–H groups in total. The summed E-state index contributed by atoms with van der Waals surface area (Å²) in [7, 11) is 0. The molecule has 0 bridgehead atoms. The number of rotatable bonds is 7. The van der Waals surface area contributed by atoms with E-state index in [1.807, 2.05) is 38.1 Å². The third-order valence-electron chi connectivity index (χ3n) is 4.98. The van der Waals surface area contributed by atoms with Gasteiger partial charge >= 0.3 is 0 Å². The number of hydrogen-bond donors (Lipinski definition) is 3. The van der Waals surface area contributed by atoms with Crippen molar-refractivity contribution in [1.29, 1.82) is 0 Å². The van der Waals surface area contributed by atoms with Gasteiger partial charge in [0, 0.05) is 24.6 Å². The van der Waals surface area contributed by atoms with E-state index in [-0.39, 0.29) is 23.3 Å². The maximum atomic E-state index is 12.2. The number of nitrogens with two attached hydrogens (primary N) is 1. The van der Waals surface area contributed by atoms with E-state index < -0.39 is 0 Å². The zero-order valence-electron chi connectivity index (χ0n) is 14.0. The van der Waals surface area contributed by atoms with Gasteiger partial charge in [-0.25, -0.2) is 0 Å². The first-order valence-electron chi connectivity index (χ1n) is 8.43. The van der Waals surface area contributed by atoms with Gasteiger partial charge in [0.05, 0.1) is 5.54 Å². The van der Waals surface area contributed by atoms with Crippen molar-refractivity contribution in [1.82, 2.24) is 5.32 Å². The van der Waals surface area contributed by atoms with Gasteiger partial charge in [0.1, 0.15) is 0 Å². The van der Waals surface area contributed by atoms with Crippen molar-refractivity contribution in [2.45, 2.75) is 51.5 Å². The largest absolute Gasteiger partial charge is 0.349 e. The fourth-order valence-corrected chi connectivity index (χ4v) is 3.08. The Kier molecular flexibility index (Phi) is 5.77. The van der Waals surface area contributed by atoms with Crippen molar-refractivity contribution >= 4 is 17.5 Å². The summed E-state index contributed by atoms with van der Waals surface area (Å²) in [5.74, 6) is -0.162. The van der Waals surface area contributed by atoms with E-state index >= 15 is 0 Å². The van der Waals surface area contributed by atoms with E-state index in [1.54, 1.807) is 0 Å². The highest BCUT2D eigenvalue weighted by molar-refractivity contribution is 5.96. The van der Waals surface area contributed by atoms with Gasteiger partial charge in [-0.1, -0.05) is 32.0 Å². The Balaban J connectivity index is 1.91. The lowest BCUT2D eigenvalue weighted by molar-refractivity contribution is -0.124. The Morgan fingerprint density at radius 3 is 2.70 bits per heavy atom. The number of amides is 2.